The van der Waals surface area contributed by atoms with Crippen LogP contribution >= 0.6 is 23.8 Å². The lowest BCUT2D eigenvalue weighted by Crippen LogP contribution is -2.26. The van der Waals surface area contributed by atoms with Crippen LogP contribution < -0.4 is 19.5 Å². The van der Waals surface area contributed by atoms with Crippen LogP contribution in [0.3, 0.4) is 0 Å². The Morgan fingerprint density at radius 3 is 2.85 bits per heavy atom. The number of amides is 1. The first-order valence-electron chi connectivity index (χ1n) is 10.8. The zero-order chi connectivity index (χ0) is 23.2. The molecule has 0 atom stereocenters. The highest BCUT2D eigenvalue weighted by molar-refractivity contribution is 7.71. The second-order valence-corrected chi connectivity index (χ2v) is 8.21. The average Bonchev–Trinajstić information content (AvgIpc) is 3.19. The summed E-state index contributed by atoms with van der Waals surface area (Å²) in [6.07, 6.45) is 0.907. The molecule has 174 valence electrons. The molecule has 2 aromatic carbocycles. The van der Waals surface area contributed by atoms with E-state index >= 15 is 0 Å². The van der Waals surface area contributed by atoms with Crippen LogP contribution in [0, 0.1) is 4.77 Å². The third-order valence-corrected chi connectivity index (χ3v) is 5.73. The van der Waals surface area contributed by atoms with E-state index in [4.69, 9.17) is 38.0 Å². The zero-order valence-corrected chi connectivity index (χ0v) is 19.8. The van der Waals surface area contributed by atoms with Crippen LogP contribution in [0.2, 0.25) is 5.02 Å². The molecule has 0 radical (unpaired) electrons. The minimum Gasteiger partial charge on any atom is -0.494 e. The van der Waals surface area contributed by atoms with Crippen molar-refractivity contribution in [2.75, 3.05) is 26.4 Å². The number of carbonyl (C=O) groups excluding carboxylic acids is 1. The third-order valence-electron chi connectivity index (χ3n) is 5.14. The highest BCUT2D eigenvalue weighted by Crippen LogP contribution is 2.38. The first-order chi connectivity index (χ1) is 16.0. The van der Waals surface area contributed by atoms with Crippen LogP contribution in [0.15, 0.2) is 36.4 Å². The fourth-order valence-corrected chi connectivity index (χ4v) is 4.08. The molecule has 0 fully saturated rings. The summed E-state index contributed by atoms with van der Waals surface area (Å²) in [6, 6.07) is 11.4. The minimum atomic E-state index is -0.0700. The van der Waals surface area contributed by atoms with E-state index in [1.54, 1.807) is 0 Å². The molecule has 0 bridgehead atoms. The van der Waals surface area contributed by atoms with Gasteiger partial charge in [0, 0.05) is 25.1 Å². The fourth-order valence-electron chi connectivity index (χ4n) is 3.57. The fraction of sp³-hybridized carbons (Fsp3) is 0.348. The number of ether oxygens (including phenoxy) is 3. The molecule has 1 amide bonds. The van der Waals surface area contributed by atoms with E-state index in [2.05, 4.69) is 15.5 Å². The van der Waals surface area contributed by atoms with Crippen molar-refractivity contribution in [3.63, 3.8) is 0 Å². The first kappa shape index (κ1) is 23.1. The molecular formula is C23H25ClN4O4S. The van der Waals surface area contributed by atoms with Crippen LogP contribution in [0.5, 0.6) is 17.2 Å². The van der Waals surface area contributed by atoms with Gasteiger partial charge in [-0.2, -0.15) is 5.10 Å². The quantitative estimate of drug-likeness (QED) is 0.439. The first-order valence-corrected chi connectivity index (χ1v) is 11.6. The topological polar surface area (TPSA) is 90.4 Å². The lowest BCUT2D eigenvalue weighted by molar-refractivity contribution is -0.121. The van der Waals surface area contributed by atoms with Crippen molar-refractivity contribution in [1.29, 1.82) is 0 Å². The van der Waals surface area contributed by atoms with E-state index < -0.39 is 0 Å². The van der Waals surface area contributed by atoms with Crippen molar-refractivity contribution in [3.8, 4) is 28.6 Å². The Labute approximate surface area is 201 Å². The molecular weight excluding hydrogens is 464 g/mol. The molecule has 1 aliphatic rings. The molecule has 1 aliphatic heterocycles. The molecule has 1 aromatic heterocycles. The van der Waals surface area contributed by atoms with Gasteiger partial charge in [0.15, 0.2) is 22.1 Å². The third kappa shape index (κ3) is 5.66. The van der Waals surface area contributed by atoms with E-state index in [0.717, 1.165) is 16.9 Å². The molecule has 8 nitrogen and oxygen atoms in total. The van der Waals surface area contributed by atoms with Crippen molar-refractivity contribution in [2.45, 2.75) is 26.3 Å². The van der Waals surface area contributed by atoms with Gasteiger partial charge in [-0.05, 0) is 67.5 Å². The Kier molecular flexibility index (Phi) is 7.51. The van der Waals surface area contributed by atoms with Crippen LogP contribution in [-0.2, 0) is 17.8 Å². The Morgan fingerprint density at radius 1 is 1.27 bits per heavy atom. The number of H-pyrrole nitrogens is 1. The Balaban J connectivity index is 1.31. The number of rotatable bonds is 9. The molecule has 3 aromatic rings. The van der Waals surface area contributed by atoms with Crippen LogP contribution in [0.4, 0.5) is 0 Å². The van der Waals surface area contributed by atoms with E-state index in [9.17, 15) is 4.79 Å². The number of benzene rings is 2. The molecule has 4 rings (SSSR count). The summed E-state index contributed by atoms with van der Waals surface area (Å²) in [5.41, 5.74) is 1.86. The largest absolute Gasteiger partial charge is 0.494 e. The summed E-state index contributed by atoms with van der Waals surface area (Å²) in [6.45, 7) is 4.43. The van der Waals surface area contributed by atoms with Gasteiger partial charge in [-0.1, -0.05) is 11.6 Å². The summed E-state index contributed by atoms with van der Waals surface area (Å²) in [5.74, 6) is 2.63. The normalized spacial score (nSPS) is 12.4. The molecule has 2 N–H and O–H groups in total. The maximum Gasteiger partial charge on any atom is 0.221 e. The van der Waals surface area contributed by atoms with E-state index in [0.29, 0.717) is 66.4 Å². The molecule has 10 heteroatoms. The number of nitrogens with one attached hydrogen (secondary N) is 2. The minimum absolute atomic E-state index is 0.0700. The summed E-state index contributed by atoms with van der Waals surface area (Å²) in [4.78, 5) is 12.4. The van der Waals surface area contributed by atoms with Gasteiger partial charge in [-0.15, -0.1) is 0 Å². The van der Waals surface area contributed by atoms with Crippen molar-refractivity contribution >= 4 is 29.7 Å². The zero-order valence-electron chi connectivity index (χ0n) is 18.2. The van der Waals surface area contributed by atoms with E-state index in [1.807, 2.05) is 47.9 Å². The van der Waals surface area contributed by atoms with Gasteiger partial charge in [0.2, 0.25) is 5.91 Å². The number of hydrogen-bond acceptors (Lipinski definition) is 6. The molecule has 33 heavy (non-hydrogen) atoms. The number of nitrogens with zero attached hydrogens (tertiary/aromatic N) is 2. The number of fused-ring (bicyclic) bond motifs is 1. The molecule has 2 heterocycles. The monoisotopic (exact) mass is 488 g/mol. The summed E-state index contributed by atoms with van der Waals surface area (Å²) in [7, 11) is 0. The van der Waals surface area contributed by atoms with Crippen molar-refractivity contribution < 1.29 is 19.0 Å². The number of aromatic nitrogens is 3. The molecule has 0 spiro atoms. The van der Waals surface area contributed by atoms with E-state index in [-0.39, 0.29) is 12.3 Å². The summed E-state index contributed by atoms with van der Waals surface area (Å²) in [5, 5.41) is 10.6. The Hall–Kier alpha value is -3.04. The lowest BCUT2D eigenvalue weighted by Gasteiger charge is -2.20. The highest BCUT2D eigenvalue weighted by Gasteiger charge is 2.17. The van der Waals surface area contributed by atoms with Crippen molar-refractivity contribution in [3.05, 3.63) is 51.8 Å². The van der Waals surface area contributed by atoms with Crippen LogP contribution in [-0.4, -0.2) is 47.0 Å². The molecule has 0 saturated carbocycles. The Morgan fingerprint density at radius 2 is 2.06 bits per heavy atom. The van der Waals surface area contributed by atoms with E-state index in [1.165, 1.54) is 0 Å². The number of hydrogen-bond donors (Lipinski definition) is 2. The van der Waals surface area contributed by atoms with Gasteiger partial charge in [0.05, 0.1) is 11.6 Å². The number of halogens is 1. The SMILES string of the molecule is CCOc1ccc(-c2n[nH]c(=S)n2CCC(=O)NCCc2cc(Cl)c3c(c2)OCCO3)cc1. The summed E-state index contributed by atoms with van der Waals surface area (Å²) < 4.78 is 18.9. The van der Waals surface area contributed by atoms with Gasteiger partial charge in [-0.25, -0.2) is 0 Å². The predicted octanol–water partition coefficient (Wildman–Crippen LogP) is 4.18. The molecule has 0 aliphatic carbocycles. The van der Waals surface area contributed by atoms with Crippen molar-refractivity contribution in [1.82, 2.24) is 20.1 Å². The number of aromatic amines is 1. The predicted molar refractivity (Wildman–Crippen MR) is 128 cm³/mol. The lowest BCUT2D eigenvalue weighted by atomic mass is 10.1. The number of carbonyl (C=O) groups is 1. The maximum absolute atomic E-state index is 12.4. The van der Waals surface area contributed by atoms with Crippen LogP contribution in [0.1, 0.15) is 18.9 Å². The van der Waals surface area contributed by atoms with Gasteiger partial charge in [0.25, 0.3) is 0 Å². The van der Waals surface area contributed by atoms with Crippen LogP contribution in [0.25, 0.3) is 11.4 Å². The highest BCUT2D eigenvalue weighted by atomic mass is 35.5. The molecule has 0 saturated heterocycles. The van der Waals surface area contributed by atoms with Gasteiger partial charge in [0.1, 0.15) is 19.0 Å². The second kappa shape index (κ2) is 10.7. The standard InChI is InChI=1S/C23H25ClN4O4S/c1-2-30-17-5-3-16(4-6-17)22-26-27-23(33)28(22)10-8-20(29)25-9-7-15-13-18(24)21-19(14-15)31-11-12-32-21/h3-6,13-14H,2,7-12H2,1H3,(H,25,29)(H,27,33). The second-order valence-electron chi connectivity index (χ2n) is 7.41. The van der Waals surface area contributed by atoms with Gasteiger partial charge in [-0.3, -0.25) is 14.5 Å². The molecule has 0 unspecified atom stereocenters. The van der Waals surface area contributed by atoms with Gasteiger partial charge < -0.3 is 19.5 Å². The van der Waals surface area contributed by atoms with Crippen molar-refractivity contribution in [2.24, 2.45) is 0 Å². The maximum atomic E-state index is 12.4. The Bertz CT molecular complexity index is 1180. The van der Waals surface area contributed by atoms with Gasteiger partial charge >= 0.3 is 0 Å². The summed E-state index contributed by atoms with van der Waals surface area (Å²) >= 11 is 11.6. The smallest absolute Gasteiger partial charge is 0.221 e. The average molecular weight is 489 g/mol.